The van der Waals surface area contributed by atoms with Gasteiger partial charge in [-0.15, -0.1) is 0 Å². The van der Waals surface area contributed by atoms with E-state index in [1.165, 1.54) is 36.5 Å². The number of benzene rings is 2. The summed E-state index contributed by atoms with van der Waals surface area (Å²) in [4.78, 5) is 22.9. The van der Waals surface area contributed by atoms with E-state index < -0.39 is 5.97 Å². The van der Waals surface area contributed by atoms with E-state index in [4.69, 9.17) is 9.52 Å². The number of carboxylic acids is 1. The van der Waals surface area contributed by atoms with E-state index in [0.29, 0.717) is 17.1 Å². The third-order valence-electron chi connectivity index (χ3n) is 4.02. The molecule has 0 atom stereocenters. The molecule has 0 unspecified atom stereocenters. The Morgan fingerprint density at radius 1 is 1.14 bits per heavy atom. The molecule has 2 N–H and O–H groups in total. The van der Waals surface area contributed by atoms with E-state index in [0.717, 1.165) is 11.1 Å². The number of nitrogens with zero attached hydrogens (tertiary/aromatic N) is 1. The minimum absolute atomic E-state index is 0.0795. The highest BCUT2D eigenvalue weighted by Gasteiger charge is 2.10. The van der Waals surface area contributed by atoms with Gasteiger partial charge in [-0.3, -0.25) is 4.79 Å². The first kappa shape index (κ1) is 19.0. The second kappa shape index (κ2) is 8.30. The Labute approximate surface area is 160 Å². The monoisotopic (exact) mass is 380 g/mol. The highest BCUT2D eigenvalue weighted by atomic mass is 19.1. The van der Waals surface area contributed by atoms with Crippen LogP contribution in [0.2, 0.25) is 0 Å². The quantitative estimate of drug-likeness (QED) is 0.503. The van der Waals surface area contributed by atoms with E-state index >= 15 is 0 Å². The van der Waals surface area contributed by atoms with Crippen LogP contribution in [-0.4, -0.2) is 23.2 Å². The predicted octanol–water partition coefficient (Wildman–Crippen LogP) is 3.79. The summed E-state index contributed by atoms with van der Waals surface area (Å²) < 4.78 is 18.5. The van der Waals surface area contributed by atoms with Crippen LogP contribution in [0, 0.1) is 12.7 Å². The molecular formula is C21H17FN2O4. The van der Waals surface area contributed by atoms with Gasteiger partial charge in [0.05, 0.1) is 18.2 Å². The van der Waals surface area contributed by atoms with Crippen LogP contribution in [0.4, 0.5) is 4.39 Å². The van der Waals surface area contributed by atoms with Gasteiger partial charge in [0.1, 0.15) is 17.3 Å². The first-order chi connectivity index (χ1) is 13.4. The standard InChI is InChI=1S/C21H17FN2O4/c1-13-10-15(21(26)27)4-8-18(13)19-9-7-17(28-19)12-23-24-20(25)11-14-2-5-16(22)6-3-14/h2-10,12H,11H2,1H3,(H,24,25)(H,26,27). The Morgan fingerprint density at radius 2 is 1.89 bits per heavy atom. The summed E-state index contributed by atoms with van der Waals surface area (Å²) in [6.07, 6.45) is 1.45. The lowest BCUT2D eigenvalue weighted by atomic mass is 10.0. The number of carbonyl (C=O) groups excluding carboxylic acids is 1. The number of hydrogen-bond donors (Lipinski definition) is 2. The average molecular weight is 380 g/mol. The number of hydrazone groups is 1. The topological polar surface area (TPSA) is 91.9 Å². The molecule has 2 aromatic carbocycles. The minimum atomic E-state index is -0.988. The fourth-order valence-corrected chi connectivity index (χ4v) is 2.64. The number of hydrogen-bond acceptors (Lipinski definition) is 4. The number of nitrogens with one attached hydrogen (secondary N) is 1. The van der Waals surface area contributed by atoms with Gasteiger partial charge >= 0.3 is 5.97 Å². The average Bonchev–Trinajstić information content (AvgIpc) is 3.12. The third kappa shape index (κ3) is 4.70. The number of furan rings is 1. The molecule has 3 rings (SSSR count). The zero-order valence-electron chi connectivity index (χ0n) is 15.0. The van der Waals surface area contributed by atoms with Crippen LogP contribution in [0.1, 0.15) is 27.2 Å². The number of aryl methyl sites for hydroxylation is 1. The molecule has 0 saturated carbocycles. The molecule has 142 valence electrons. The van der Waals surface area contributed by atoms with Crippen LogP contribution < -0.4 is 5.43 Å². The molecule has 0 aliphatic carbocycles. The summed E-state index contributed by atoms with van der Waals surface area (Å²) in [5.74, 6) is -0.691. The summed E-state index contributed by atoms with van der Waals surface area (Å²) in [6, 6.07) is 13.9. The highest BCUT2D eigenvalue weighted by molar-refractivity contribution is 5.89. The Bertz CT molecular complexity index is 1040. The molecule has 1 amide bonds. The van der Waals surface area contributed by atoms with Gasteiger partial charge < -0.3 is 9.52 Å². The van der Waals surface area contributed by atoms with E-state index in [2.05, 4.69) is 10.5 Å². The summed E-state index contributed by atoms with van der Waals surface area (Å²) in [7, 11) is 0. The molecule has 0 radical (unpaired) electrons. The minimum Gasteiger partial charge on any atom is -0.478 e. The summed E-state index contributed by atoms with van der Waals surface area (Å²) in [6.45, 7) is 1.80. The van der Waals surface area contributed by atoms with Crippen molar-refractivity contribution in [2.75, 3.05) is 0 Å². The molecule has 0 fully saturated rings. The molecule has 1 heterocycles. The smallest absolute Gasteiger partial charge is 0.335 e. The summed E-state index contributed by atoms with van der Waals surface area (Å²) in [5, 5.41) is 12.9. The molecule has 0 bridgehead atoms. The molecule has 0 aliphatic heterocycles. The zero-order chi connectivity index (χ0) is 20.1. The van der Waals surface area contributed by atoms with Crippen molar-refractivity contribution in [3.05, 3.63) is 82.9 Å². The van der Waals surface area contributed by atoms with Crippen LogP contribution in [0.15, 0.2) is 64.1 Å². The van der Waals surface area contributed by atoms with Crippen molar-refractivity contribution < 1.29 is 23.5 Å². The molecule has 0 spiro atoms. The van der Waals surface area contributed by atoms with Crippen LogP contribution in [0.3, 0.4) is 0 Å². The van der Waals surface area contributed by atoms with Crippen molar-refractivity contribution in [2.45, 2.75) is 13.3 Å². The van der Waals surface area contributed by atoms with Gasteiger partial charge in [0, 0.05) is 5.56 Å². The van der Waals surface area contributed by atoms with Crippen LogP contribution in [-0.2, 0) is 11.2 Å². The molecule has 0 saturated heterocycles. The van der Waals surface area contributed by atoms with Gasteiger partial charge in [-0.1, -0.05) is 18.2 Å². The van der Waals surface area contributed by atoms with Crippen molar-refractivity contribution in [3.8, 4) is 11.3 Å². The van der Waals surface area contributed by atoms with Gasteiger partial charge in [0.15, 0.2) is 0 Å². The molecule has 28 heavy (non-hydrogen) atoms. The van der Waals surface area contributed by atoms with Crippen molar-refractivity contribution >= 4 is 18.1 Å². The maximum absolute atomic E-state index is 12.9. The second-order valence-corrected chi connectivity index (χ2v) is 6.13. The van der Waals surface area contributed by atoms with Crippen molar-refractivity contribution in [1.29, 1.82) is 0 Å². The number of carbonyl (C=O) groups is 2. The molecule has 7 heteroatoms. The molecule has 0 aliphatic rings. The molecular weight excluding hydrogens is 363 g/mol. The van der Waals surface area contributed by atoms with Gasteiger partial charge in [-0.25, -0.2) is 14.6 Å². The van der Waals surface area contributed by atoms with E-state index in [1.807, 2.05) is 0 Å². The maximum atomic E-state index is 12.9. The maximum Gasteiger partial charge on any atom is 0.335 e. The largest absolute Gasteiger partial charge is 0.478 e. The van der Waals surface area contributed by atoms with Crippen molar-refractivity contribution in [1.82, 2.24) is 5.43 Å². The fourth-order valence-electron chi connectivity index (χ4n) is 2.64. The second-order valence-electron chi connectivity index (χ2n) is 6.13. The van der Waals surface area contributed by atoms with Crippen molar-refractivity contribution in [3.63, 3.8) is 0 Å². The Morgan fingerprint density at radius 3 is 2.57 bits per heavy atom. The Balaban J connectivity index is 1.62. The zero-order valence-corrected chi connectivity index (χ0v) is 15.0. The third-order valence-corrected chi connectivity index (χ3v) is 4.02. The number of carboxylic acid groups (broad SMARTS) is 1. The summed E-state index contributed by atoms with van der Waals surface area (Å²) in [5.41, 5.74) is 4.81. The summed E-state index contributed by atoms with van der Waals surface area (Å²) >= 11 is 0. The Hall–Kier alpha value is -3.74. The van der Waals surface area contributed by atoms with Crippen LogP contribution in [0.5, 0.6) is 0 Å². The van der Waals surface area contributed by atoms with E-state index in [9.17, 15) is 14.0 Å². The van der Waals surface area contributed by atoms with Gasteiger partial charge in [0.2, 0.25) is 5.91 Å². The van der Waals surface area contributed by atoms with E-state index in [-0.39, 0.29) is 23.7 Å². The SMILES string of the molecule is Cc1cc(C(=O)O)ccc1-c1ccc(C=NNC(=O)Cc2ccc(F)cc2)o1. The van der Waals surface area contributed by atoms with Gasteiger partial charge in [-0.05, 0) is 54.4 Å². The number of rotatable bonds is 6. The number of halogens is 1. The first-order valence-electron chi connectivity index (χ1n) is 8.43. The lowest BCUT2D eigenvalue weighted by molar-refractivity contribution is -0.120. The Kier molecular flexibility index (Phi) is 5.64. The van der Waals surface area contributed by atoms with Gasteiger partial charge in [-0.2, -0.15) is 5.10 Å². The van der Waals surface area contributed by atoms with Crippen molar-refractivity contribution in [2.24, 2.45) is 5.10 Å². The molecule has 3 aromatic rings. The first-order valence-corrected chi connectivity index (χ1v) is 8.43. The predicted molar refractivity (Wildman–Crippen MR) is 102 cm³/mol. The van der Waals surface area contributed by atoms with Crippen LogP contribution >= 0.6 is 0 Å². The van der Waals surface area contributed by atoms with E-state index in [1.54, 1.807) is 31.2 Å². The number of aromatic carboxylic acids is 1. The highest BCUT2D eigenvalue weighted by Crippen LogP contribution is 2.26. The fraction of sp³-hybridized carbons (Fsp3) is 0.0952. The van der Waals surface area contributed by atoms with Gasteiger partial charge in [0.25, 0.3) is 0 Å². The lowest BCUT2D eigenvalue weighted by Crippen LogP contribution is -2.19. The number of amides is 1. The van der Waals surface area contributed by atoms with Crippen LogP contribution in [0.25, 0.3) is 11.3 Å². The lowest BCUT2D eigenvalue weighted by Gasteiger charge is -2.03. The normalized spacial score (nSPS) is 10.9. The molecule has 6 nitrogen and oxygen atoms in total. The molecule has 1 aromatic heterocycles.